The van der Waals surface area contributed by atoms with Gasteiger partial charge in [0.2, 0.25) is 5.88 Å². The number of benzene rings is 1. The minimum Gasteiger partial charge on any atom is -0.381 e. The number of hydrogen-bond acceptors (Lipinski definition) is 4. The van der Waals surface area contributed by atoms with Crippen LogP contribution < -0.4 is 5.73 Å². The van der Waals surface area contributed by atoms with Gasteiger partial charge in [0.25, 0.3) is 0 Å². The molecule has 0 amide bonds. The molecule has 0 aliphatic carbocycles. The van der Waals surface area contributed by atoms with Crippen molar-refractivity contribution in [3.63, 3.8) is 0 Å². The molecule has 1 saturated heterocycles. The standard InChI is InChI=1S/C14H15BrN2O2/c15-11-6-2-1-5-10(11)12-13(17-19-14(12)16)9-4-3-7-18-8-9/h1-2,5-6,9H,3-4,7-8,16H2. The van der Waals surface area contributed by atoms with Crippen LogP contribution in [0.2, 0.25) is 0 Å². The van der Waals surface area contributed by atoms with E-state index in [1.807, 2.05) is 24.3 Å². The molecule has 19 heavy (non-hydrogen) atoms. The minimum absolute atomic E-state index is 0.261. The second kappa shape index (κ2) is 5.35. The van der Waals surface area contributed by atoms with E-state index in [4.69, 9.17) is 15.0 Å². The normalized spacial score (nSPS) is 19.5. The van der Waals surface area contributed by atoms with E-state index in [-0.39, 0.29) is 5.92 Å². The lowest BCUT2D eigenvalue weighted by Gasteiger charge is -2.21. The molecule has 4 nitrogen and oxygen atoms in total. The van der Waals surface area contributed by atoms with Crippen LogP contribution in [-0.2, 0) is 4.74 Å². The smallest absolute Gasteiger partial charge is 0.230 e. The maximum absolute atomic E-state index is 5.96. The summed E-state index contributed by atoms with van der Waals surface area (Å²) in [6.07, 6.45) is 2.11. The van der Waals surface area contributed by atoms with Crippen molar-refractivity contribution >= 4 is 21.8 Å². The Morgan fingerprint density at radius 2 is 2.16 bits per heavy atom. The molecule has 1 fully saturated rings. The van der Waals surface area contributed by atoms with Gasteiger partial charge in [0, 0.05) is 22.6 Å². The summed E-state index contributed by atoms with van der Waals surface area (Å²) in [6, 6.07) is 7.96. The number of halogens is 1. The van der Waals surface area contributed by atoms with E-state index in [2.05, 4.69) is 21.1 Å². The Hall–Kier alpha value is -1.33. The number of rotatable bonds is 2. The van der Waals surface area contributed by atoms with Crippen LogP contribution >= 0.6 is 15.9 Å². The SMILES string of the molecule is Nc1onc(C2CCCOC2)c1-c1ccccc1Br. The highest BCUT2D eigenvalue weighted by Gasteiger charge is 2.26. The molecule has 1 unspecified atom stereocenters. The monoisotopic (exact) mass is 322 g/mol. The third-order valence-electron chi connectivity index (χ3n) is 3.44. The van der Waals surface area contributed by atoms with Crippen LogP contribution in [0.5, 0.6) is 0 Å². The van der Waals surface area contributed by atoms with E-state index in [9.17, 15) is 0 Å². The highest BCUT2D eigenvalue weighted by atomic mass is 79.9. The molecular formula is C14H15BrN2O2. The van der Waals surface area contributed by atoms with Gasteiger partial charge in [-0.15, -0.1) is 0 Å². The fourth-order valence-electron chi connectivity index (χ4n) is 2.49. The number of nitrogen functional groups attached to an aromatic ring is 1. The van der Waals surface area contributed by atoms with Gasteiger partial charge in [-0.05, 0) is 18.9 Å². The lowest BCUT2D eigenvalue weighted by atomic mass is 9.93. The van der Waals surface area contributed by atoms with Crippen LogP contribution in [0, 0.1) is 0 Å². The molecule has 2 heterocycles. The number of hydrogen-bond donors (Lipinski definition) is 1. The highest BCUT2D eigenvalue weighted by molar-refractivity contribution is 9.10. The van der Waals surface area contributed by atoms with Crippen molar-refractivity contribution in [1.29, 1.82) is 0 Å². The van der Waals surface area contributed by atoms with Crippen molar-refractivity contribution in [3.05, 3.63) is 34.4 Å². The molecule has 2 aromatic rings. The molecule has 1 aromatic heterocycles. The molecule has 1 aromatic carbocycles. The summed E-state index contributed by atoms with van der Waals surface area (Å²) in [5, 5.41) is 4.16. The van der Waals surface area contributed by atoms with Gasteiger partial charge in [-0.25, -0.2) is 0 Å². The Morgan fingerprint density at radius 1 is 1.32 bits per heavy atom. The Morgan fingerprint density at radius 3 is 2.89 bits per heavy atom. The Kier molecular flexibility index (Phi) is 3.57. The van der Waals surface area contributed by atoms with Gasteiger partial charge >= 0.3 is 0 Å². The first-order valence-electron chi connectivity index (χ1n) is 6.35. The third-order valence-corrected chi connectivity index (χ3v) is 4.13. The first-order chi connectivity index (χ1) is 9.27. The molecule has 0 spiro atoms. The van der Waals surface area contributed by atoms with Crippen LogP contribution in [0.15, 0.2) is 33.3 Å². The summed E-state index contributed by atoms with van der Waals surface area (Å²) in [7, 11) is 0. The predicted molar refractivity (Wildman–Crippen MR) is 76.8 cm³/mol. The number of ether oxygens (including phenoxy) is 1. The van der Waals surface area contributed by atoms with Crippen molar-refractivity contribution in [1.82, 2.24) is 5.16 Å². The number of aromatic nitrogens is 1. The molecule has 5 heteroatoms. The van der Waals surface area contributed by atoms with Crippen molar-refractivity contribution in [2.45, 2.75) is 18.8 Å². The molecule has 100 valence electrons. The molecular weight excluding hydrogens is 308 g/mol. The van der Waals surface area contributed by atoms with E-state index in [0.29, 0.717) is 12.5 Å². The predicted octanol–water partition coefficient (Wildman–Crippen LogP) is 3.58. The molecule has 2 N–H and O–H groups in total. The summed E-state index contributed by atoms with van der Waals surface area (Å²) in [4.78, 5) is 0. The molecule has 0 radical (unpaired) electrons. The molecule has 1 aliphatic heterocycles. The molecule has 3 rings (SSSR count). The van der Waals surface area contributed by atoms with Gasteiger partial charge in [0.15, 0.2) is 0 Å². The van der Waals surface area contributed by atoms with Gasteiger partial charge in [0.05, 0.1) is 17.9 Å². The van der Waals surface area contributed by atoms with E-state index in [1.165, 1.54) is 0 Å². The van der Waals surface area contributed by atoms with Gasteiger partial charge in [0.1, 0.15) is 0 Å². The van der Waals surface area contributed by atoms with E-state index >= 15 is 0 Å². The van der Waals surface area contributed by atoms with Crippen molar-refractivity contribution in [2.75, 3.05) is 18.9 Å². The van der Waals surface area contributed by atoms with Crippen molar-refractivity contribution in [2.24, 2.45) is 0 Å². The number of nitrogens with two attached hydrogens (primary N) is 1. The quantitative estimate of drug-likeness (QED) is 0.917. The molecule has 1 atom stereocenters. The zero-order chi connectivity index (χ0) is 13.2. The van der Waals surface area contributed by atoms with Gasteiger partial charge < -0.3 is 15.0 Å². The topological polar surface area (TPSA) is 61.3 Å². The van der Waals surface area contributed by atoms with Gasteiger partial charge in [-0.2, -0.15) is 0 Å². The van der Waals surface area contributed by atoms with E-state index in [0.717, 1.165) is 40.7 Å². The summed E-state index contributed by atoms with van der Waals surface area (Å²) >= 11 is 3.55. The fourth-order valence-corrected chi connectivity index (χ4v) is 2.97. The van der Waals surface area contributed by atoms with Crippen LogP contribution in [0.3, 0.4) is 0 Å². The Bertz CT molecular complexity index is 577. The molecule has 0 saturated carbocycles. The Balaban J connectivity index is 2.06. The highest BCUT2D eigenvalue weighted by Crippen LogP contribution is 2.39. The maximum atomic E-state index is 5.96. The Labute approximate surface area is 120 Å². The van der Waals surface area contributed by atoms with Crippen LogP contribution in [0.1, 0.15) is 24.5 Å². The van der Waals surface area contributed by atoms with Gasteiger partial charge in [-0.1, -0.05) is 39.3 Å². The molecule has 1 aliphatic rings. The fraction of sp³-hybridized carbons (Fsp3) is 0.357. The number of anilines is 1. The van der Waals surface area contributed by atoms with Crippen LogP contribution in [0.25, 0.3) is 11.1 Å². The maximum Gasteiger partial charge on any atom is 0.230 e. The largest absolute Gasteiger partial charge is 0.381 e. The van der Waals surface area contributed by atoms with E-state index < -0.39 is 0 Å². The van der Waals surface area contributed by atoms with Gasteiger partial charge in [-0.3, -0.25) is 0 Å². The van der Waals surface area contributed by atoms with E-state index in [1.54, 1.807) is 0 Å². The summed E-state index contributed by atoms with van der Waals surface area (Å²) in [5.41, 5.74) is 8.77. The second-order valence-electron chi connectivity index (χ2n) is 4.70. The third kappa shape index (κ3) is 2.40. The average molecular weight is 323 g/mol. The van der Waals surface area contributed by atoms with Crippen LogP contribution in [-0.4, -0.2) is 18.4 Å². The zero-order valence-corrected chi connectivity index (χ0v) is 12.0. The lowest BCUT2D eigenvalue weighted by Crippen LogP contribution is -2.16. The summed E-state index contributed by atoms with van der Waals surface area (Å²) in [6.45, 7) is 1.51. The number of nitrogens with zero attached hydrogens (tertiary/aromatic N) is 1. The first kappa shape index (κ1) is 12.7. The summed E-state index contributed by atoms with van der Waals surface area (Å²) in [5.74, 6) is 0.629. The minimum atomic E-state index is 0.261. The van der Waals surface area contributed by atoms with Crippen LogP contribution in [0.4, 0.5) is 5.88 Å². The van der Waals surface area contributed by atoms with Crippen molar-refractivity contribution in [3.8, 4) is 11.1 Å². The first-order valence-corrected chi connectivity index (χ1v) is 7.14. The molecule has 0 bridgehead atoms. The second-order valence-corrected chi connectivity index (χ2v) is 5.56. The summed E-state index contributed by atoms with van der Waals surface area (Å²) < 4.78 is 11.7. The zero-order valence-electron chi connectivity index (χ0n) is 10.4. The van der Waals surface area contributed by atoms with Crippen molar-refractivity contribution < 1.29 is 9.26 Å². The lowest BCUT2D eigenvalue weighted by molar-refractivity contribution is 0.0785. The average Bonchev–Trinajstić information content (AvgIpc) is 2.82.